The summed E-state index contributed by atoms with van der Waals surface area (Å²) in [4.78, 5) is 2.34. The molecule has 0 aliphatic rings. The summed E-state index contributed by atoms with van der Waals surface area (Å²) in [5, 5.41) is 2.53. The van der Waals surface area contributed by atoms with Gasteiger partial charge in [-0.3, -0.25) is 0 Å². The smallest absolute Gasteiger partial charge is 0.0467 e. The van der Waals surface area contributed by atoms with Gasteiger partial charge >= 0.3 is 0 Å². The van der Waals surface area contributed by atoms with Crippen LogP contribution >= 0.6 is 0 Å². The molecule has 0 fully saturated rings. The fraction of sp³-hybridized carbons (Fsp3) is 0. The minimum Gasteiger partial charge on any atom is -0.310 e. The highest BCUT2D eigenvalue weighted by molar-refractivity contribution is 5.97. The van der Waals surface area contributed by atoms with E-state index < -0.39 is 0 Å². The highest BCUT2D eigenvalue weighted by atomic mass is 15.1. The van der Waals surface area contributed by atoms with Crippen LogP contribution in [0.4, 0.5) is 17.1 Å². The molecule has 47 heavy (non-hydrogen) atoms. The van der Waals surface area contributed by atoms with Crippen molar-refractivity contribution in [2.45, 2.75) is 0 Å². The van der Waals surface area contributed by atoms with E-state index in [4.69, 9.17) is 0 Å². The zero-order valence-corrected chi connectivity index (χ0v) is 26.0. The van der Waals surface area contributed by atoms with Crippen LogP contribution in [0.25, 0.3) is 55.3 Å². The monoisotopic (exact) mass is 599 g/mol. The molecule has 1 heteroatoms. The maximum atomic E-state index is 2.34. The van der Waals surface area contributed by atoms with Crippen molar-refractivity contribution in [1.29, 1.82) is 0 Å². The molecule has 0 atom stereocenters. The zero-order valence-electron chi connectivity index (χ0n) is 26.0. The Hall–Kier alpha value is -6.18. The lowest BCUT2D eigenvalue weighted by Crippen LogP contribution is -2.09. The van der Waals surface area contributed by atoms with Crippen molar-refractivity contribution in [3.05, 3.63) is 200 Å². The fourth-order valence-electron chi connectivity index (χ4n) is 6.59. The molecule has 0 N–H and O–H groups in total. The van der Waals surface area contributed by atoms with Crippen molar-refractivity contribution in [1.82, 2.24) is 0 Å². The average molecular weight is 600 g/mol. The summed E-state index contributed by atoms with van der Waals surface area (Å²) in [5.41, 5.74) is 13.1. The highest BCUT2D eigenvalue weighted by Gasteiger charge is 2.15. The molecule has 222 valence electrons. The second kappa shape index (κ2) is 12.7. The maximum absolute atomic E-state index is 2.34. The number of fused-ring (bicyclic) bond motifs is 1. The first-order valence-electron chi connectivity index (χ1n) is 16.1. The Morgan fingerprint density at radius 2 is 0.745 bits per heavy atom. The Kier molecular flexibility index (Phi) is 7.63. The molecule has 0 spiro atoms. The molecular weight excluding hydrogens is 567 g/mol. The van der Waals surface area contributed by atoms with Crippen LogP contribution in [0.3, 0.4) is 0 Å². The quantitative estimate of drug-likeness (QED) is 0.176. The van der Waals surface area contributed by atoms with E-state index in [1.807, 2.05) is 0 Å². The van der Waals surface area contributed by atoms with Gasteiger partial charge in [0.15, 0.2) is 0 Å². The zero-order chi connectivity index (χ0) is 31.4. The van der Waals surface area contributed by atoms with E-state index in [0.29, 0.717) is 0 Å². The number of rotatable bonds is 7. The topological polar surface area (TPSA) is 3.24 Å². The third-order valence-electron chi connectivity index (χ3n) is 8.86. The van der Waals surface area contributed by atoms with Gasteiger partial charge in [0.2, 0.25) is 0 Å². The van der Waals surface area contributed by atoms with Gasteiger partial charge < -0.3 is 4.90 Å². The highest BCUT2D eigenvalue weighted by Crippen LogP contribution is 2.40. The summed E-state index contributed by atoms with van der Waals surface area (Å²) in [5.74, 6) is 0. The minimum atomic E-state index is 1.11. The van der Waals surface area contributed by atoms with Crippen LogP contribution in [0.1, 0.15) is 0 Å². The molecule has 1 nitrogen and oxygen atoms in total. The summed E-state index contributed by atoms with van der Waals surface area (Å²) in [7, 11) is 0. The second-order valence-electron chi connectivity index (χ2n) is 11.8. The Bertz CT molecular complexity index is 2280. The van der Waals surface area contributed by atoms with Crippen molar-refractivity contribution in [2.75, 3.05) is 4.90 Å². The molecule has 0 bridgehead atoms. The lowest BCUT2D eigenvalue weighted by atomic mass is 9.94. The predicted octanol–water partition coefficient (Wildman–Crippen LogP) is 13.0. The molecule has 8 aromatic rings. The van der Waals surface area contributed by atoms with Gasteiger partial charge in [0.1, 0.15) is 0 Å². The number of benzene rings is 8. The number of hydrogen-bond donors (Lipinski definition) is 0. The van der Waals surface area contributed by atoms with Gasteiger partial charge in [-0.15, -0.1) is 0 Å². The van der Waals surface area contributed by atoms with Crippen LogP contribution in [-0.2, 0) is 0 Å². The molecule has 0 amide bonds. The molecule has 0 aliphatic carbocycles. The molecular formula is C46H33N. The van der Waals surface area contributed by atoms with Crippen molar-refractivity contribution < 1.29 is 0 Å². The Morgan fingerprint density at radius 3 is 1.53 bits per heavy atom. The van der Waals surface area contributed by atoms with E-state index in [9.17, 15) is 0 Å². The SMILES string of the molecule is c1ccc(-c2ccccc2-c2cccc(N(c3ccccc3)c3ccc(-c4cccc(-c5cccc6ccccc56)c4)cc3)c2)cc1. The Morgan fingerprint density at radius 1 is 0.255 bits per heavy atom. The Balaban J connectivity index is 1.17. The van der Waals surface area contributed by atoms with Crippen LogP contribution in [0.5, 0.6) is 0 Å². The lowest BCUT2D eigenvalue weighted by Gasteiger charge is -2.26. The molecule has 0 aliphatic heterocycles. The van der Waals surface area contributed by atoms with Crippen LogP contribution in [0.2, 0.25) is 0 Å². The molecule has 0 radical (unpaired) electrons. The third-order valence-corrected chi connectivity index (χ3v) is 8.86. The van der Waals surface area contributed by atoms with E-state index in [1.54, 1.807) is 0 Å². The second-order valence-corrected chi connectivity index (χ2v) is 11.8. The number of anilines is 3. The lowest BCUT2D eigenvalue weighted by molar-refractivity contribution is 1.28. The molecule has 0 unspecified atom stereocenters. The van der Waals surface area contributed by atoms with Gasteiger partial charge in [-0.25, -0.2) is 0 Å². The summed E-state index contributed by atoms with van der Waals surface area (Å²) in [6, 6.07) is 71.7. The third kappa shape index (κ3) is 5.72. The van der Waals surface area contributed by atoms with Gasteiger partial charge in [-0.1, -0.05) is 158 Å². The summed E-state index contributed by atoms with van der Waals surface area (Å²) in [6.45, 7) is 0. The first kappa shape index (κ1) is 28.3. The summed E-state index contributed by atoms with van der Waals surface area (Å²) < 4.78 is 0. The van der Waals surface area contributed by atoms with Crippen LogP contribution < -0.4 is 4.90 Å². The normalized spacial score (nSPS) is 11.0. The standard InChI is InChI=1S/C46H33N/c1-3-14-35(15-4-1)43-25-9-10-26-45(43)39-20-12-23-42(33-39)47(40-21-5-2-6-22-40)41-30-28-34(29-31-41)37-18-11-19-38(32-37)46-27-13-17-36-16-7-8-24-44(36)46/h1-33H. The fourth-order valence-corrected chi connectivity index (χ4v) is 6.59. The van der Waals surface area contributed by atoms with Gasteiger partial charge in [0, 0.05) is 17.1 Å². The van der Waals surface area contributed by atoms with Gasteiger partial charge in [-0.2, -0.15) is 0 Å². The number of para-hydroxylation sites is 1. The largest absolute Gasteiger partial charge is 0.310 e. The van der Waals surface area contributed by atoms with Crippen LogP contribution in [0, 0.1) is 0 Å². The molecule has 8 aromatic carbocycles. The van der Waals surface area contributed by atoms with Gasteiger partial charge in [0.05, 0.1) is 0 Å². The molecule has 0 saturated carbocycles. The van der Waals surface area contributed by atoms with E-state index in [1.165, 1.54) is 55.3 Å². The van der Waals surface area contributed by atoms with Gasteiger partial charge in [0.25, 0.3) is 0 Å². The first-order valence-corrected chi connectivity index (χ1v) is 16.1. The Labute approximate surface area is 276 Å². The first-order chi connectivity index (χ1) is 23.3. The minimum absolute atomic E-state index is 1.11. The van der Waals surface area contributed by atoms with Crippen molar-refractivity contribution in [2.24, 2.45) is 0 Å². The van der Waals surface area contributed by atoms with E-state index in [2.05, 4.69) is 205 Å². The maximum Gasteiger partial charge on any atom is 0.0467 e. The molecule has 0 heterocycles. The van der Waals surface area contributed by atoms with Gasteiger partial charge in [-0.05, 0) is 97.7 Å². The molecule has 0 aromatic heterocycles. The van der Waals surface area contributed by atoms with E-state index in [-0.39, 0.29) is 0 Å². The number of nitrogens with zero attached hydrogens (tertiary/aromatic N) is 1. The molecule has 0 saturated heterocycles. The van der Waals surface area contributed by atoms with Crippen molar-refractivity contribution in [3.8, 4) is 44.5 Å². The van der Waals surface area contributed by atoms with Crippen molar-refractivity contribution in [3.63, 3.8) is 0 Å². The number of hydrogen-bond acceptors (Lipinski definition) is 1. The van der Waals surface area contributed by atoms with Crippen LogP contribution in [0.15, 0.2) is 200 Å². The van der Waals surface area contributed by atoms with Crippen molar-refractivity contribution >= 4 is 27.8 Å². The van der Waals surface area contributed by atoms with E-state index in [0.717, 1.165) is 17.1 Å². The summed E-state index contributed by atoms with van der Waals surface area (Å²) >= 11 is 0. The summed E-state index contributed by atoms with van der Waals surface area (Å²) in [6.07, 6.45) is 0. The van der Waals surface area contributed by atoms with E-state index >= 15 is 0 Å². The average Bonchev–Trinajstić information content (AvgIpc) is 3.16. The van der Waals surface area contributed by atoms with Crippen LogP contribution in [-0.4, -0.2) is 0 Å². The predicted molar refractivity (Wildman–Crippen MR) is 200 cm³/mol. The molecule has 8 rings (SSSR count).